The molecular weight excluding hydrogens is 248 g/mol. The van der Waals surface area contributed by atoms with Gasteiger partial charge in [0.1, 0.15) is 0 Å². The maximum absolute atomic E-state index is 11.3. The fourth-order valence-corrected chi connectivity index (χ4v) is 4.86. The van der Waals surface area contributed by atoms with Gasteiger partial charge in [-0.25, -0.2) is 0 Å². The van der Waals surface area contributed by atoms with E-state index in [-0.39, 0.29) is 5.60 Å². The molecule has 0 aromatic carbocycles. The molecule has 3 aliphatic rings. The lowest BCUT2D eigenvalue weighted by atomic mass is 9.66. The quantitative estimate of drug-likeness (QED) is 0.764. The number of aliphatic hydroxyl groups is 1. The van der Waals surface area contributed by atoms with Gasteiger partial charge in [0.2, 0.25) is 0 Å². The van der Waals surface area contributed by atoms with Crippen molar-refractivity contribution in [2.45, 2.75) is 89.3 Å². The highest BCUT2D eigenvalue weighted by molar-refractivity contribution is 5.00. The van der Waals surface area contributed by atoms with E-state index in [1.54, 1.807) is 0 Å². The van der Waals surface area contributed by atoms with Crippen LogP contribution in [0.4, 0.5) is 0 Å². The first-order valence-corrected chi connectivity index (χ1v) is 8.89. The molecule has 1 heterocycles. The Hall–Kier alpha value is -0.0800. The topological polar surface area (TPSA) is 29.5 Å². The Kier molecular flexibility index (Phi) is 4.16. The Morgan fingerprint density at radius 2 is 1.80 bits per heavy atom. The van der Waals surface area contributed by atoms with Gasteiger partial charge < -0.3 is 9.84 Å². The van der Waals surface area contributed by atoms with E-state index < -0.39 is 5.60 Å². The third-order valence-corrected chi connectivity index (χ3v) is 6.59. The van der Waals surface area contributed by atoms with Gasteiger partial charge in [0, 0.05) is 6.61 Å². The summed E-state index contributed by atoms with van der Waals surface area (Å²) in [5, 5.41) is 11.3. The maximum atomic E-state index is 11.3. The SMILES string of the molecule is CC(C)C1CCCC(O)(C2CCOC3(CCC3)C2)CC1. The van der Waals surface area contributed by atoms with Crippen LogP contribution >= 0.6 is 0 Å². The lowest BCUT2D eigenvalue weighted by Gasteiger charge is -2.51. The molecule has 1 spiro atoms. The van der Waals surface area contributed by atoms with E-state index in [9.17, 15) is 5.11 Å². The molecule has 0 aromatic rings. The molecule has 0 amide bonds. The molecule has 20 heavy (non-hydrogen) atoms. The highest BCUT2D eigenvalue weighted by Crippen LogP contribution is 2.49. The van der Waals surface area contributed by atoms with E-state index in [0.29, 0.717) is 5.92 Å². The van der Waals surface area contributed by atoms with Crippen LogP contribution in [0.3, 0.4) is 0 Å². The summed E-state index contributed by atoms with van der Waals surface area (Å²) in [5.41, 5.74) is -0.224. The van der Waals surface area contributed by atoms with E-state index in [2.05, 4.69) is 13.8 Å². The smallest absolute Gasteiger partial charge is 0.0686 e. The van der Waals surface area contributed by atoms with Crippen LogP contribution in [-0.4, -0.2) is 22.9 Å². The normalized spacial score (nSPS) is 41.4. The fraction of sp³-hybridized carbons (Fsp3) is 1.00. The van der Waals surface area contributed by atoms with E-state index in [1.165, 1.54) is 38.5 Å². The molecule has 0 aromatic heterocycles. The lowest BCUT2D eigenvalue weighted by molar-refractivity contribution is -0.177. The fourth-order valence-electron chi connectivity index (χ4n) is 4.86. The number of hydrogen-bond donors (Lipinski definition) is 1. The van der Waals surface area contributed by atoms with Gasteiger partial charge in [-0.15, -0.1) is 0 Å². The zero-order valence-electron chi connectivity index (χ0n) is 13.4. The minimum absolute atomic E-state index is 0.169. The molecule has 1 saturated heterocycles. The Balaban J connectivity index is 1.65. The molecule has 2 aliphatic carbocycles. The lowest BCUT2D eigenvalue weighted by Crippen LogP contribution is -2.51. The molecule has 3 fully saturated rings. The van der Waals surface area contributed by atoms with E-state index in [4.69, 9.17) is 4.74 Å². The van der Waals surface area contributed by atoms with Gasteiger partial charge in [-0.05, 0) is 69.1 Å². The number of rotatable bonds is 2. The maximum Gasteiger partial charge on any atom is 0.0686 e. The molecule has 2 heteroatoms. The van der Waals surface area contributed by atoms with Crippen molar-refractivity contribution >= 4 is 0 Å². The average Bonchev–Trinajstić information content (AvgIpc) is 2.60. The third-order valence-electron chi connectivity index (χ3n) is 6.59. The van der Waals surface area contributed by atoms with Crippen molar-refractivity contribution in [3.63, 3.8) is 0 Å². The Morgan fingerprint density at radius 3 is 2.45 bits per heavy atom. The predicted octanol–water partition coefficient (Wildman–Crippen LogP) is 4.30. The van der Waals surface area contributed by atoms with Crippen molar-refractivity contribution in [2.24, 2.45) is 17.8 Å². The Labute approximate surface area is 124 Å². The van der Waals surface area contributed by atoms with Crippen molar-refractivity contribution in [1.82, 2.24) is 0 Å². The summed E-state index contributed by atoms with van der Waals surface area (Å²) in [7, 11) is 0. The molecule has 3 atom stereocenters. The zero-order chi connectivity index (χ0) is 14.2. The molecule has 1 N–H and O–H groups in total. The molecule has 116 valence electrons. The van der Waals surface area contributed by atoms with Crippen LogP contribution in [0.2, 0.25) is 0 Å². The van der Waals surface area contributed by atoms with Crippen molar-refractivity contribution in [2.75, 3.05) is 6.61 Å². The molecule has 0 radical (unpaired) electrons. The first-order chi connectivity index (χ1) is 9.53. The van der Waals surface area contributed by atoms with Crippen LogP contribution in [0.15, 0.2) is 0 Å². The molecule has 0 bridgehead atoms. The standard InChI is InChI=1S/C18H32O2/c1-14(2)15-5-3-10-18(19,11-6-15)16-7-12-20-17(13-16)8-4-9-17/h14-16,19H,3-13H2,1-2H3. The van der Waals surface area contributed by atoms with E-state index in [1.807, 2.05) is 0 Å². The van der Waals surface area contributed by atoms with Crippen molar-refractivity contribution < 1.29 is 9.84 Å². The van der Waals surface area contributed by atoms with Crippen molar-refractivity contribution in [1.29, 1.82) is 0 Å². The first kappa shape index (κ1) is 14.8. The molecule has 3 rings (SSSR count). The summed E-state index contributed by atoms with van der Waals surface area (Å²) in [4.78, 5) is 0. The summed E-state index contributed by atoms with van der Waals surface area (Å²) < 4.78 is 6.05. The van der Waals surface area contributed by atoms with Gasteiger partial charge in [-0.3, -0.25) is 0 Å². The summed E-state index contributed by atoms with van der Waals surface area (Å²) in [6.07, 6.45) is 11.8. The first-order valence-electron chi connectivity index (χ1n) is 8.89. The molecule has 1 aliphatic heterocycles. The molecule has 2 nitrogen and oxygen atoms in total. The second kappa shape index (κ2) is 5.61. The molecule has 3 unspecified atom stereocenters. The summed E-state index contributed by atoms with van der Waals surface area (Å²) in [6, 6.07) is 0. The monoisotopic (exact) mass is 280 g/mol. The van der Waals surface area contributed by atoms with Crippen LogP contribution < -0.4 is 0 Å². The van der Waals surface area contributed by atoms with Gasteiger partial charge in [0.05, 0.1) is 11.2 Å². The molecule has 2 saturated carbocycles. The second-order valence-corrected chi connectivity index (χ2v) is 8.11. The van der Waals surface area contributed by atoms with Gasteiger partial charge in [-0.2, -0.15) is 0 Å². The van der Waals surface area contributed by atoms with Crippen molar-refractivity contribution in [3.05, 3.63) is 0 Å². The van der Waals surface area contributed by atoms with Crippen LogP contribution in [0.5, 0.6) is 0 Å². The summed E-state index contributed by atoms with van der Waals surface area (Å²) in [6.45, 7) is 5.56. The van der Waals surface area contributed by atoms with Crippen LogP contribution in [0.1, 0.15) is 78.1 Å². The highest BCUT2D eigenvalue weighted by atomic mass is 16.5. The number of hydrogen-bond acceptors (Lipinski definition) is 2. The van der Waals surface area contributed by atoms with E-state index >= 15 is 0 Å². The number of ether oxygens (including phenoxy) is 1. The van der Waals surface area contributed by atoms with Gasteiger partial charge >= 0.3 is 0 Å². The summed E-state index contributed by atoms with van der Waals surface area (Å²) in [5.74, 6) is 2.08. The van der Waals surface area contributed by atoms with E-state index in [0.717, 1.165) is 44.1 Å². The van der Waals surface area contributed by atoms with Gasteiger partial charge in [-0.1, -0.05) is 26.7 Å². The summed E-state index contributed by atoms with van der Waals surface area (Å²) >= 11 is 0. The van der Waals surface area contributed by atoms with Crippen LogP contribution in [0, 0.1) is 17.8 Å². The van der Waals surface area contributed by atoms with Gasteiger partial charge in [0.15, 0.2) is 0 Å². The van der Waals surface area contributed by atoms with Crippen LogP contribution in [0.25, 0.3) is 0 Å². The minimum atomic E-state index is -0.393. The Morgan fingerprint density at radius 1 is 1.00 bits per heavy atom. The Bertz CT molecular complexity index is 334. The molecular formula is C18H32O2. The van der Waals surface area contributed by atoms with Gasteiger partial charge in [0.25, 0.3) is 0 Å². The predicted molar refractivity (Wildman–Crippen MR) is 81.6 cm³/mol. The largest absolute Gasteiger partial charge is 0.390 e. The van der Waals surface area contributed by atoms with Crippen molar-refractivity contribution in [3.8, 4) is 0 Å². The minimum Gasteiger partial charge on any atom is -0.390 e. The highest BCUT2D eigenvalue weighted by Gasteiger charge is 2.48. The average molecular weight is 280 g/mol. The zero-order valence-corrected chi connectivity index (χ0v) is 13.4. The third kappa shape index (κ3) is 2.78. The second-order valence-electron chi connectivity index (χ2n) is 8.11. The van der Waals surface area contributed by atoms with Crippen LogP contribution in [-0.2, 0) is 4.74 Å².